The third-order valence-electron chi connectivity index (χ3n) is 3.97. The van der Waals surface area contributed by atoms with Gasteiger partial charge in [0, 0.05) is 45.0 Å². The first kappa shape index (κ1) is 18.5. The lowest BCUT2D eigenvalue weighted by Crippen LogP contribution is -2.52. The van der Waals surface area contributed by atoms with E-state index in [1.807, 2.05) is 24.3 Å². The molecule has 0 aromatic heterocycles. The third kappa shape index (κ3) is 5.38. The van der Waals surface area contributed by atoms with E-state index in [1.54, 1.807) is 4.90 Å². The molecule has 1 heterocycles. The van der Waals surface area contributed by atoms with E-state index in [0.29, 0.717) is 32.7 Å². The van der Waals surface area contributed by atoms with E-state index in [2.05, 4.69) is 17.6 Å². The van der Waals surface area contributed by atoms with Crippen LogP contribution in [-0.4, -0.2) is 62.6 Å². The number of rotatable bonds is 6. The lowest BCUT2D eigenvalue weighted by molar-refractivity contribution is 0.172. The van der Waals surface area contributed by atoms with Crippen LogP contribution in [0.4, 0.5) is 10.5 Å². The Hall–Kier alpha value is -1.80. The van der Waals surface area contributed by atoms with Gasteiger partial charge in [0.15, 0.2) is 0 Å². The molecule has 7 nitrogen and oxygen atoms in total. The van der Waals surface area contributed by atoms with E-state index in [1.165, 1.54) is 10.6 Å². The zero-order chi connectivity index (χ0) is 17.6. The van der Waals surface area contributed by atoms with Crippen molar-refractivity contribution in [2.24, 2.45) is 0 Å². The highest BCUT2D eigenvalue weighted by molar-refractivity contribution is 7.88. The van der Waals surface area contributed by atoms with Gasteiger partial charge in [0.25, 0.3) is 0 Å². The Morgan fingerprint density at radius 3 is 2.29 bits per heavy atom. The van der Waals surface area contributed by atoms with Crippen LogP contribution in [0.25, 0.3) is 0 Å². The van der Waals surface area contributed by atoms with Crippen molar-refractivity contribution in [1.29, 1.82) is 0 Å². The molecule has 134 valence electrons. The molecule has 0 unspecified atom stereocenters. The molecule has 1 saturated heterocycles. The predicted molar refractivity (Wildman–Crippen MR) is 95.4 cm³/mol. The molecule has 1 aliphatic rings. The molecule has 0 atom stereocenters. The van der Waals surface area contributed by atoms with Gasteiger partial charge in [-0.15, -0.1) is 0 Å². The number of benzene rings is 1. The van der Waals surface area contributed by atoms with Crippen LogP contribution in [0, 0.1) is 0 Å². The second kappa shape index (κ2) is 8.34. The number of hydrogen-bond donors (Lipinski definition) is 2. The molecule has 1 aromatic carbocycles. The first-order chi connectivity index (χ1) is 11.4. The molecule has 0 saturated carbocycles. The Bertz CT molecular complexity index is 638. The number of piperazine rings is 1. The minimum absolute atomic E-state index is 0.156. The lowest BCUT2D eigenvalue weighted by Gasteiger charge is -2.33. The summed E-state index contributed by atoms with van der Waals surface area (Å²) in [5, 5.41) is 6.19. The second-order valence-corrected chi connectivity index (χ2v) is 7.91. The topological polar surface area (TPSA) is 81.8 Å². The fourth-order valence-electron chi connectivity index (χ4n) is 2.52. The molecule has 1 aromatic rings. The van der Waals surface area contributed by atoms with Crippen molar-refractivity contribution in [3.05, 3.63) is 29.8 Å². The molecule has 0 radical (unpaired) electrons. The molecule has 0 aliphatic carbocycles. The Kier molecular flexibility index (Phi) is 6.44. The quantitative estimate of drug-likeness (QED) is 0.807. The highest BCUT2D eigenvalue weighted by Crippen LogP contribution is 2.10. The summed E-state index contributed by atoms with van der Waals surface area (Å²) in [6.07, 6.45) is 2.27. The van der Waals surface area contributed by atoms with Crippen LogP contribution in [0.15, 0.2) is 24.3 Å². The fourth-order valence-corrected chi connectivity index (χ4v) is 3.35. The van der Waals surface area contributed by atoms with Crippen LogP contribution in [0.3, 0.4) is 0 Å². The van der Waals surface area contributed by atoms with Crippen molar-refractivity contribution in [2.75, 3.05) is 44.3 Å². The minimum Gasteiger partial charge on any atom is -0.385 e. The van der Waals surface area contributed by atoms with Gasteiger partial charge in [-0.3, -0.25) is 0 Å². The van der Waals surface area contributed by atoms with Crippen LogP contribution in [0.5, 0.6) is 0 Å². The van der Waals surface area contributed by atoms with Gasteiger partial charge in [0.05, 0.1) is 6.26 Å². The van der Waals surface area contributed by atoms with Crippen molar-refractivity contribution in [1.82, 2.24) is 14.5 Å². The molecule has 24 heavy (non-hydrogen) atoms. The van der Waals surface area contributed by atoms with E-state index in [9.17, 15) is 13.2 Å². The monoisotopic (exact) mass is 354 g/mol. The van der Waals surface area contributed by atoms with Crippen LogP contribution < -0.4 is 10.6 Å². The summed E-state index contributed by atoms with van der Waals surface area (Å²) in [5.74, 6) is 0. The zero-order valence-corrected chi connectivity index (χ0v) is 15.1. The number of anilines is 1. The maximum atomic E-state index is 12.2. The third-order valence-corrected chi connectivity index (χ3v) is 5.27. The number of carbonyl (C=O) groups excluding carboxylic acids is 1. The van der Waals surface area contributed by atoms with Gasteiger partial charge in [0.1, 0.15) is 0 Å². The number of carbonyl (C=O) groups is 1. The average molecular weight is 354 g/mol. The predicted octanol–water partition coefficient (Wildman–Crippen LogP) is 1.30. The van der Waals surface area contributed by atoms with Crippen LogP contribution in [0.2, 0.25) is 0 Å². The molecule has 2 N–H and O–H groups in total. The van der Waals surface area contributed by atoms with Crippen molar-refractivity contribution in [3.8, 4) is 0 Å². The number of hydrogen-bond acceptors (Lipinski definition) is 4. The summed E-state index contributed by atoms with van der Waals surface area (Å²) in [6, 6.07) is 7.82. The van der Waals surface area contributed by atoms with E-state index in [4.69, 9.17) is 0 Å². The molecule has 0 spiro atoms. The lowest BCUT2D eigenvalue weighted by atomic mass is 10.2. The Balaban J connectivity index is 1.77. The van der Waals surface area contributed by atoms with Gasteiger partial charge in [-0.2, -0.15) is 4.31 Å². The van der Waals surface area contributed by atoms with Crippen LogP contribution in [0.1, 0.15) is 18.9 Å². The number of sulfonamides is 1. The molecule has 2 rings (SSSR count). The van der Waals surface area contributed by atoms with Gasteiger partial charge < -0.3 is 15.5 Å². The fraction of sp³-hybridized carbons (Fsp3) is 0.562. The maximum Gasteiger partial charge on any atom is 0.317 e. The molecule has 8 heteroatoms. The van der Waals surface area contributed by atoms with E-state index >= 15 is 0 Å². The molecular formula is C16H26N4O3S. The van der Waals surface area contributed by atoms with Gasteiger partial charge in [-0.25, -0.2) is 13.2 Å². The summed E-state index contributed by atoms with van der Waals surface area (Å²) in [5.41, 5.74) is 2.10. The summed E-state index contributed by atoms with van der Waals surface area (Å²) in [6.45, 7) is 5.05. The first-order valence-electron chi connectivity index (χ1n) is 8.21. The summed E-state index contributed by atoms with van der Waals surface area (Å²) in [4.78, 5) is 13.8. The standard InChI is InChI=1S/C16H26N4O3S/c1-3-8-17-15-6-4-14(5-7-15)13-18-16(21)19-9-11-20(12-10-19)24(2,22)23/h4-7,17H,3,8-13H2,1-2H3,(H,18,21). The number of amides is 2. The Labute approximate surface area is 144 Å². The van der Waals surface area contributed by atoms with Crippen molar-refractivity contribution < 1.29 is 13.2 Å². The maximum absolute atomic E-state index is 12.2. The van der Waals surface area contributed by atoms with Crippen molar-refractivity contribution in [3.63, 3.8) is 0 Å². The summed E-state index contributed by atoms with van der Waals surface area (Å²) < 4.78 is 24.3. The average Bonchev–Trinajstić information content (AvgIpc) is 2.58. The van der Waals surface area contributed by atoms with E-state index < -0.39 is 10.0 Å². The van der Waals surface area contributed by atoms with Crippen LogP contribution >= 0.6 is 0 Å². The molecule has 1 fully saturated rings. The van der Waals surface area contributed by atoms with Gasteiger partial charge in [0.2, 0.25) is 10.0 Å². The normalized spacial score (nSPS) is 16.0. The SMILES string of the molecule is CCCNc1ccc(CNC(=O)N2CCN(S(C)(=O)=O)CC2)cc1. The first-order valence-corrected chi connectivity index (χ1v) is 10.1. The zero-order valence-electron chi connectivity index (χ0n) is 14.3. The van der Waals surface area contributed by atoms with Crippen molar-refractivity contribution >= 4 is 21.7 Å². The van der Waals surface area contributed by atoms with E-state index in [-0.39, 0.29) is 6.03 Å². The molecular weight excluding hydrogens is 328 g/mol. The minimum atomic E-state index is -3.17. The largest absolute Gasteiger partial charge is 0.385 e. The second-order valence-electron chi connectivity index (χ2n) is 5.93. The highest BCUT2D eigenvalue weighted by atomic mass is 32.2. The van der Waals surface area contributed by atoms with Gasteiger partial charge in [-0.05, 0) is 24.1 Å². The number of nitrogens with one attached hydrogen (secondary N) is 2. The van der Waals surface area contributed by atoms with Crippen LogP contribution in [-0.2, 0) is 16.6 Å². The van der Waals surface area contributed by atoms with Gasteiger partial charge >= 0.3 is 6.03 Å². The van der Waals surface area contributed by atoms with Crippen molar-refractivity contribution in [2.45, 2.75) is 19.9 Å². The van der Waals surface area contributed by atoms with Gasteiger partial charge in [-0.1, -0.05) is 19.1 Å². The Morgan fingerprint density at radius 2 is 1.75 bits per heavy atom. The Morgan fingerprint density at radius 1 is 1.12 bits per heavy atom. The molecule has 0 bridgehead atoms. The smallest absolute Gasteiger partial charge is 0.317 e. The molecule has 2 amide bonds. The summed E-state index contributed by atoms with van der Waals surface area (Å²) in [7, 11) is -3.17. The molecule has 1 aliphatic heterocycles. The van der Waals surface area contributed by atoms with E-state index in [0.717, 1.165) is 24.2 Å². The number of nitrogens with zero attached hydrogens (tertiary/aromatic N) is 2. The summed E-state index contributed by atoms with van der Waals surface area (Å²) >= 11 is 0. The highest BCUT2D eigenvalue weighted by Gasteiger charge is 2.25. The number of urea groups is 1.